The summed E-state index contributed by atoms with van der Waals surface area (Å²) < 4.78 is 5.01. The highest BCUT2D eigenvalue weighted by Gasteiger charge is 2.12. The second-order valence-corrected chi connectivity index (χ2v) is 4.23. The van der Waals surface area contributed by atoms with Gasteiger partial charge in [0.1, 0.15) is 0 Å². The Morgan fingerprint density at radius 1 is 1.33 bits per heavy atom. The standard InChI is InChI=1S/C11H12Cl2O2/c1-7(2)15-11(14)6-8-9(12)4-3-5-10(8)13/h3-5,7H,6H2,1-2H3. The molecular formula is C11H12Cl2O2. The normalized spacial score (nSPS) is 10.5. The van der Waals surface area contributed by atoms with Gasteiger partial charge in [-0.15, -0.1) is 0 Å². The molecule has 15 heavy (non-hydrogen) atoms. The molecule has 1 rings (SSSR count). The number of benzene rings is 1. The quantitative estimate of drug-likeness (QED) is 0.764. The van der Waals surface area contributed by atoms with Crippen molar-refractivity contribution in [2.24, 2.45) is 0 Å². The van der Waals surface area contributed by atoms with Crippen LogP contribution in [0.2, 0.25) is 10.0 Å². The molecule has 0 atom stereocenters. The lowest BCUT2D eigenvalue weighted by molar-refractivity contribution is -0.146. The molecule has 0 amide bonds. The molecule has 0 aromatic heterocycles. The highest BCUT2D eigenvalue weighted by atomic mass is 35.5. The largest absolute Gasteiger partial charge is 0.463 e. The van der Waals surface area contributed by atoms with Gasteiger partial charge in [0.05, 0.1) is 12.5 Å². The van der Waals surface area contributed by atoms with Gasteiger partial charge in [-0.3, -0.25) is 4.79 Å². The van der Waals surface area contributed by atoms with E-state index in [0.29, 0.717) is 15.6 Å². The summed E-state index contributed by atoms with van der Waals surface area (Å²) in [6.07, 6.45) is -0.0183. The summed E-state index contributed by atoms with van der Waals surface area (Å²) in [7, 11) is 0. The van der Waals surface area contributed by atoms with Gasteiger partial charge in [-0.1, -0.05) is 29.3 Å². The summed E-state index contributed by atoms with van der Waals surface area (Å²) in [5, 5.41) is 0.978. The zero-order valence-corrected chi connectivity index (χ0v) is 10.1. The van der Waals surface area contributed by atoms with Crippen LogP contribution in [0, 0.1) is 0 Å². The number of hydrogen-bond acceptors (Lipinski definition) is 2. The van der Waals surface area contributed by atoms with Gasteiger partial charge in [0.2, 0.25) is 0 Å². The van der Waals surface area contributed by atoms with Gasteiger partial charge in [0.15, 0.2) is 0 Å². The average molecular weight is 247 g/mol. The van der Waals surface area contributed by atoms with Gasteiger partial charge in [0, 0.05) is 15.6 Å². The number of carbonyl (C=O) groups is 1. The van der Waals surface area contributed by atoms with Crippen LogP contribution in [-0.2, 0) is 16.0 Å². The maximum atomic E-state index is 11.4. The molecule has 0 fully saturated rings. The van der Waals surface area contributed by atoms with Crippen LogP contribution in [0.5, 0.6) is 0 Å². The first-order valence-corrected chi connectivity index (χ1v) is 5.38. The van der Waals surface area contributed by atoms with Gasteiger partial charge in [-0.2, -0.15) is 0 Å². The van der Waals surface area contributed by atoms with E-state index in [4.69, 9.17) is 27.9 Å². The van der Waals surface area contributed by atoms with Gasteiger partial charge < -0.3 is 4.74 Å². The number of rotatable bonds is 3. The third kappa shape index (κ3) is 3.73. The Morgan fingerprint density at radius 3 is 2.33 bits per heavy atom. The second-order valence-electron chi connectivity index (χ2n) is 3.42. The van der Waals surface area contributed by atoms with Gasteiger partial charge >= 0.3 is 5.97 Å². The molecular weight excluding hydrogens is 235 g/mol. The lowest BCUT2D eigenvalue weighted by Gasteiger charge is -2.09. The average Bonchev–Trinajstić information content (AvgIpc) is 2.10. The number of halogens is 2. The molecule has 0 heterocycles. The molecule has 0 N–H and O–H groups in total. The van der Waals surface area contributed by atoms with Crippen LogP contribution in [0.25, 0.3) is 0 Å². The summed E-state index contributed by atoms with van der Waals surface area (Å²) in [5.41, 5.74) is 0.617. The van der Waals surface area contributed by atoms with E-state index in [0.717, 1.165) is 0 Å². The molecule has 0 aliphatic rings. The van der Waals surface area contributed by atoms with Crippen LogP contribution in [0.1, 0.15) is 19.4 Å². The van der Waals surface area contributed by atoms with E-state index >= 15 is 0 Å². The molecule has 4 heteroatoms. The SMILES string of the molecule is CC(C)OC(=O)Cc1c(Cl)cccc1Cl. The predicted octanol–water partition coefficient (Wildman–Crippen LogP) is 3.49. The minimum atomic E-state index is -0.319. The van der Waals surface area contributed by atoms with E-state index in [9.17, 15) is 4.79 Å². The fraction of sp³-hybridized carbons (Fsp3) is 0.364. The summed E-state index contributed by atoms with van der Waals surface area (Å²) in [5.74, 6) is -0.319. The topological polar surface area (TPSA) is 26.3 Å². The first-order chi connectivity index (χ1) is 7.00. The Labute approximate surface area is 99.1 Å². The first-order valence-electron chi connectivity index (χ1n) is 4.63. The fourth-order valence-corrected chi connectivity index (χ4v) is 1.68. The Hall–Kier alpha value is -0.730. The van der Waals surface area contributed by atoms with Gasteiger partial charge in [0.25, 0.3) is 0 Å². The number of esters is 1. The van der Waals surface area contributed by atoms with Crippen molar-refractivity contribution in [3.05, 3.63) is 33.8 Å². The van der Waals surface area contributed by atoms with E-state index in [-0.39, 0.29) is 18.5 Å². The monoisotopic (exact) mass is 246 g/mol. The van der Waals surface area contributed by atoms with Crippen LogP contribution < -0.4 is 0 Å². The molecule has 2 nitrogen and oxygen atoms in total. The molecule has 0 bridgehead atoms. The van der Waals surface area contributed by atoms with Gasteiger partial charge in [-0.25, -0.2) is 0 Å². The summed E-state index contributed by atoms with van der Waals surface area (Å²) in [6, 6.07) is 5.14. The highest BCUT2D eigenvalue weighted by molar-refractivity contribution is 6.36. The third-order valence-electron chi connectivity index (χ3n) is 1.75. The molecule has 0 saturated heterocycles. The smallest absolute Gasteiger partial charge is 0.310 e. The fourth-order valence-electron chi connectivity index (χ4n) is 1.15. The molecule has 1 aromatic rings. The highest BCUT2D eigenvalue weighted by Crippen LogP contribution is 2.24. The van der Waals surface area contributed by atoms with Crippen LogP contribution in [-0.4, -0.2) is 12.1 Å². The Morgan fingerprint density at radius 2 is 1.87 bits per heavy atom. The summed E-state index contributed by atoms with van der Waals surface area (Å²) in [6.45, 7) is 3.60. The molecule has 0 unspecified atom stereocenters. The first kappa shape index (κ1) is 12.3. The molecule has 0 spiro atoms. The Bertz CT molecular complexity index is 341. The minimum absolute atomic E-state index is 0.108. The van der Waals surface area contributed by atoms with E-state index in [2.05, 4.69) is 0 Å². The van der Waals surface area contributed by atoms with Crippen LogP contribution >= 0.6 is 23.2 Å². The van der Waals surface area contributed by atoms with Crippen LogP contribution in [0.15, 0.2) is 18.2 Å². The Balaban J connectivity index is 2.76. The van der Waals surface area contributed by atoms with E-state index < -0.39 is 0 Å². The van der Waals surface area contributed by atoms with Crippen molar-refractivity contribution in [1.82, 2.24) is 0 Å². The number of carbonyl (C=O) groups excluding carboxylic acids is 1. The summed E-state index contributed by atoms with van der Waals surface area (Å²) in [4.78, 5) is 11.4. The second kappa shape index (κ2) is 5.38. The van der Waals surface area contributed by atoms with Crippen molar-refractivity contribution in [3.8, 4) is 0 Å². The van der Waals surface area contributed by atoms with Crippen molar-refractivity contribution >= 4 is 29.2 Å². The number of ether oxygens (including phenoxy) is 1. The van der Waals surface area contributed by atoms with Crippen molar-refractivity contribution in [2.45, 2.75) is 26.4 Å². The zero-order valence-electron chi connectivity index (χ0n) is 8.59. The summed E-state index contributed by atoms with van der Waals surface area (Å²) >= 11 is 11.8. The van der Waals surface area contributed by atoms with Crippen LogP contribution in [0.4, 0.5) is 0 Å². The maximum absolute atomic E-state index is 11.4. The molecule has 0 aliphatic heterocycles. The molecule has 0 radical (unpaired) electrons. The molecule has 0 aliphatic carbocycles. The minimum Gasteiger partial charge on any atom is -0.463 e. The van der Waals surface area contributed by atoms with Crippen molar-refractivity contribution in [1.29, 1.82) is 0 Å². The van der Waals surface area contributed by atoms with E-state index in [1.54, 1.807) is 32.0 Å². The Kier molecular flexibility index (Phi) is 4.43. The van der Waals surface area contributed by atoms with Crippen LogP contribution in [0.3, 0.4) is 0 Å². The van der Waals surface area contributed by atoms with Crippen molar-refractivity contribution in [3.63, 3.8) is 0 Å². The lowest BCUT2D eigenvalue weighted by atomic mass is 10.1. The predicted molar refractivity (Wildman–Crippen MR) is 61.4 cm³/mol. The van der Waals surface area contributed by atoms with Crippen molar-refractivity contribution < 1.29 is 9.53 Å². The maximum Gasteiger partial charge on any atom is 0.310 e. The zero-order chi connectivity index (χ0) is 11.4. The van der Waals surface area contributed by atoms with E-state index in [1.807, 2.05) is 0 Å². The van der Waals surface area contributed by atoms with Crippen molar-refractivity contribution in [2.75, 3.05) is 0 Å². The van der Waals surface area contributed by atoms with Gasteiger partial charge in [-0.05, 0) is 26.0 Å². The van der Waals surface area contributed by atoms with E-state index in [1.165, 1.54) is 0 Å². The lowest BCUT2D eigenvalue weighted by Crippen LogP contribution is -2.14. The molecule has 1 aromatic carbocycles. The third-order valence-corrected chi connectivity index (χ3v) is 2.46. The number of hydrogen-bond donors (Lipinski definition) is 0. The molecule has 0 saturated carbocycles. The molecule has 82 valence electrons.